The van der Waals surface area contributed by atoms with Crippen molar-refractivity contribution in [2.24, 2.45) is 5.92 Å². The van der Waals surface area contributed by atoms with Crippen molar-refractivity contribution in [3.8, 4) is 5.88 Å². The second-order valence-corrected chi connectivity index (χ2v) is 4.96. The van der Waals surface area contributed by atoms with Gasteiger partial charge in [0.05, 0.1) is 11.0 Å². The maximum Gasteiger partial charge on any atom is 0.253 e. The molecule has 2 atom stereocenters. The number of fused-ring (bicyclic) bond motifs is 1. The number of nitrogens with zero attached hydrogens (tertiary/aromatic N) is 2. The zero-order valence-electron chi connectivity index (χ0n) is 10.1. The highest BCUT2D eigenvalue weighted by Crippen LogP contribution is 2.25. The van der Waals surface area contributed by atoms with E-state index >= 15 is 0 Å². The number of aromatic nitrogens is 2. The van der Waals surface area contributed by atoms with Gasteiger partial charge in [0.1, 0.15) is 6.10 Å². The molecule has 18 heavy (non-hydrogen) atoms. The van der Waals surface area contributed by atoms with Crippen molar-refractivity contribution in [3.05, 3.63) is 29.4 Å². The molecule has 94 valence electrons. The van der Waals surface area contributed by atoms with E-state index < -0.39 is 0 Å². The molecule has 0 amide bonds. The predicted octanol–water partition coefficient (Wildman–Crippen LogP) is 2.27. The van der Waals surface area contributed by atoms with Crippen molar-refractivity contribution in [2.45, 2.75) is 13.0 Å². The summed E-state index contributed by atoms with van der Waals surface area (Å²) in [4.78, 5) is 8.73. The second-order valence-electron chi connectivity index (χ2n) is 4.60. The normalized spacial score (nSPS) is 23.4. The molecule has 1 saturated heterocycles. The van der Waals surface area contributed by atoms with Crippen LogP contribution in [-0.2, 0) is 0 Å². The molecular weight excluding hydrogens is 250 g/mol. The van der Waals surface area contributed by atoms with Crippen LogP contribution in [0, 0.1) is 5.92 Å². The molecule has 3 rings (SSSR count). The van der Waals surface area contributed by atoms with E-state index in [4.69, 9.17) is 16.3 Å². The van der Waals surface area contributed by atoms with Crippen LogP contribution in [0.4, 0.5) is 0 Å². The number of benzene rings is 1. The van der Waals surface area contributed by atoms with E-state index in [1.54, 1.807) is 0 Å². The van der Waals surface area contributed by atoms with Gasteiger partial charge in [-0.2, -0.15) is 0 Å². The van der Waals surface area contributed by atoms with Gasteiger partial charge in [0.2, 0.25) is 0 Å². The van der Waals surface area contributed by atoms with E-state index in [0.717, 1.165) is 24.1 Å². The van der Waals surface area contributed by atoms with Crippen molar-refractivity contribution >= 4 is 22.6 Å². The molecule has 2 aromatic rings. The van der Waals surface area contributed by atoms with Crippen LogP contribution in [0.15, 0.2) is 24.3 Å². The average molecular weight is 264 g/mol. The molecule has 1 aromatic carbocycles. The van der Waals surface area contributed by atoms with Gasteiger partial charge < -0.3 is 10.1 Å². The number of para-hydroxylation sites is 2. The first kappa shape index (κ1) is 11.7. The minimum Gasteiger partial charge on any atom is -0.470 e. The summed E-state index contributed by atoms with van der Waals surface area (Å²) < 4.78 is 5.86. The molecule has 1 N–H and O–H groups in total. The van der Waals surface area contributed by atoms with Crippen LogP contribution >= 0.6 is 11.6 Å². The summed E-state index contributed by atoms with van der Waals surface area (Å²) in [6.45, 7) is 3.93. The fourth-order valence-electron chi connectivity index (χ4n) is 2.12. The molecule has 1 aliphatic rings. The van der Waals surface area contributed by atoms with Gasteiger partial charge in [-0.25, -0.2) is 9.97 Å². The van der Waals surface area contributed by atoms with Crippen LogP contribution in [0.2, 0.25) is 5.15 Å². The monoisotopic (exact) mass is 263 g/mol. The maximum absolute atomic E-state index is 6.11. The number of rotatable bonds is 2. The van der Waals surface area contributed by atoms with Crippen LogP contribution in [0.5, 0.6) is 5.88 Å². The van der Waals surface area contributed by atoms with Crippen LogP contribution in [0.25, 0.3) is 11.0 Å². The van der Waals surface area contributed by atoms with Crippen molar-refractivity contribution in [1.29, 1.82) is 0 Å². The molecule has 2 unspecified atom stereocenters. The number of ether oxygens (including phenoxy) is 1. The highest BCUT2D eigenvalue weighted by molar-refractivity contribution is 6.31. The number of hydrogen-bond acceptors (Lipinski definition) is 4. The van der Waals surface area contributed by atoms with E-state index in [2.05, 4.69) is 22.2 Å². The number of hydrogen-bond donors (Lipinski definition) is 1. The van der Waals surface area contributed by atoms with Gasteiger partial charge in [0.25, 0.3) is 5.88 Å². The largest absolute Gasteiger partial charge is 0.470 e. The standard InChI is InChI=1S/C13H14ClN3O/c1-8-6-15-7-11(8)18-13-12(14)16-9-4-2-3-5-10(9)17-13/h2-5,8,11,15H,6-7H2,1H3. The van der Waals surface area contributed by atoms with E-state index in [1.165, 1.54) is 0 Å². The Hall–Kier alpha value is -1.39. The third kappa shape index (κ3) is 2.13. The summed E-state index contributed by atoms with van der Waals surface area (Å²) in [6.07, 6.45) is 0.109. The Labute approximate surface area is 110 Å². The predicted molar refractivity (Wildman–Crippen MR) is 71.0 cm³/mol. The van der Waals surface area contributed by atoms with Gasteiger partial charge >= 0.3 is 0 Å². The third-order valence-electron chi connectivity index (χ3n) is 3.21. The Kier molecular flexibility index (Phi) is 3.06. The van der Waals surface area contributed by atoms with Crippen molar-refractivity contribution in [2.75, 3.05) is 13.1 Å². The zero-order valence-corrected chi connectivity index (χ0v) is 10.8. The van der Waals surface area contributed by atoms with Crippen LogP contribution < -0.4 is 10.1 Å². The second kappa shape index (κ2) is 4.71. The first-order valence-corrected chi connectivity index (χ1v) is 6.41. The number of nitrogens with one attached hydrogen (secondary N) is 1. The first-order chi connectivity index (χ1) is 8.74. The first-order valence-electron chi connectivity index (χ1n) is 6.03. The summed E-state index contributed by atoms with van der Waals surface area (Å²) in [5.74, 6) is 0.880. The maximum atomic E-state index is 6.11. The fraction of sp³-hybridized carbons (Fsp3) is 0.385. The Morgan fingerprint density at radius 2 is 1.94 bits per heavy atom. The highest BCUT2D eigenvalue weighted by Gasteiger charge is 2.26. The minimum atomic E-state index is 0.109. The lowest BCUT2D eigenvalue weighted by Gasteiger charge is -2.16. The lowest BCUT2D eigenvalue weighted by molar-refractivity contribution is 0.175. The van der Waals surface area contributed by atoms with E-state index in [0.29, 0.717) is 17.0 Å². The number of halogens is 1. The highest BCUT2D eigenvalue weighted by atomic mass is 35.5. The van der Waals surface area contributed by atoms with Crippen molar-refractivity contribution in [1.82, 2.24) is 15.3 Å². The van der Waals surface area contributed by atoms with Gasteiger partial charge in [-0.05, 0) is 12.1 Å². The molecular formula is C13H14ClN3O. The Morgan fingerprint density at radius 3 is 2.61 bits per heavy atom. The van der Waals surface area contributed by atoms with Gasteiger partial charge in [-0.1, -0.05) is 30.7 Å². The van der Waals surface area contributed by atoms with Gasteiger partial charge in [0, 0.05) is 19.0 Å². The van der Waals surface area contributed by atoms with Gasteiger partial charge in [0.15, 0.2) is 5.15 Å². The molecule has 2 heterocycles. The van der Waals surface area contributed by atoms with Crippen LogP contribution in [0.1, 0.15) is 6.92 Å². The van der Waals surface area contributed by atoms with Gasteiger partial charge in [-0.15, -0.1) is 0 Å². The van der Waals surface area contributed by atoms with Crippen LogP contribution in [0.3, 0.4) is 0 Å². The van der Waals surface area contributed by atoms with E-state index in [9.17, 15) is 0 Å². The fourth-order valence-corrected chi connectivity index (χ4v) is 2.30. The summed E-state index contributed by atoms with van der Waals surface area (Å²) in [6, 6.07) is 7.63. The molecule has 0 aliphatic carbocycles. The molecule has 4 nitrogen and oxygen atoms in total. The zero-order chi connectivity index (χ0) is 12.5. The van der Waals surface area contributed by atoms with Crippen molar-refractivity contribution < 1.29 is 4.74 Å². The molecule has 5 heteroatoms. The molecule has 0 bridgehead atoms. The van der Waals surface area contributed by atoms with Gasteiger partial charge in [-0.3, -0.25) is 0 Å². The lowest BCUT2D eigenvalue weighted by Crippen LogP contribution is -2.24. The molecule has 1 aromatic heterocycles. The minimum absolute atomic E-state index is 0.109. The molecule has 0 spiro atoms. The topological polar surface area (TPSA) is 47.0 Å². The van der Waals surface area contributed by atoms with E-state index in [-0.39, 0.29) is 6.10 Å². The summed E-state index contributed by atoms with van der Waals surface area (Å²) in [7, 11) is 0. The molecule has 1 aliphatic heterocycles. The lowest BCUT2D eigenvalue weighted by atomic mass is 10.1. The third-order valence-corrected chi connectivity index (χ3v) is 3.45. The molecule has 0 saturated carbocycles. The average Bonchev–Trinajstić information content (AvgIpc) is 2.76. The smallest absolute Gasteiger partial charge is 0.253 e. The summed E-state index contributed by atoms with van der Waals surface area (Å²) in [5.41, 5.74) is 1.59. The Balaban J connectivity index is 1.93. The van der Waals surface area contributed by atoms with Crippen molar-refractivity contribution in [3.63, 3.8) is 0 Å². The quantitative estimate of drug-likeness (QED) is 0.903. The summed E-state index contributed by atoms with van der Waals surface area (Å²) in [5, 5.41) is 3.61. The SMILES string of the molecule is CC1CNCC1Oc1nc2ccccc2nc1Cl. The molecule has 0 radical (unpaired) electrons. The Bertz CT molecular complexity index is 575. The molecule has 1 fully saturated rings. The van der Waals surface area contributed by atoms with E-state index in [1.807, 2.05) is 24.3 Å². The van der Waals surface area contributed by atoms with Crippen LogP contribution in [-0.4, -0.2) is 29.2 Å². The summed E-state index contributed by atoms with van der Waals surface area (Å²) >= 11 is 6.11. The Morgan fingerprint density at radius 1 is 1.22 bits per heavy atom.